The molecule has 4 N–H and O–H groups in total. The quantitative estimate of drug-likeness (QED) is 0.0201. The molecule has 0 aliphatic carbocycles. The average Bonchev–Trinajstić information content (AvgIpc) is 3.21. The molecule has 0 aliphatic heterocycles. The summed E-state index contributed by atoms with van der Waals surface area (Å²) in [6.07, 6.45) is 32.8. The van der Waals surface area contributed by atoms with Crippen molar-refractivity contribution in [2.75, 3.05) is 13.1 Å². The summed E-state index contributed by atoms with van der Waals surface area (Å²) < 4.78 is 0. The second-order valence-corrected chi connectivity index (χ2v) is 16.5. The minimum atomic E-state index is -1.06. The Hall–Kier alpha value is -1.92. The van der Waals surface area contributed by atoms with Gasteiger partial charge < -0.3 is 36.1 Å². The summed E-state index contributed by atoms with van der Waals surface area (Å²) in [7, 11) is 0. The first-order chi connectivity index (χ1) is 29.0. The molecule has 0 aromatic carbocycles. The molecule has 12 nitrogen and oxygen atoms in total. The van der Waals surface area contributed by atoms with Crippen LogP contribution in [-0.2, 0) is 19.2 Å². The van der Waals surface area contributed by atoms with E-state index in [0.717, 1.165) is 70.6 Å². The first-order valence-electron chi connectivity index (χ1n) is 24.5. The predicted molar refractivity (Wildman–Crippen MR) is 249 cm³/mol. The van der Waals surface area contributed by atoms with Crippen molar-refractivity contribution >= 4 is 73.3 Å². The maximum absolute atomic E-state index is 11.9. The minimum absolute atomic E-state index is 0. The molecule has 0 aromatic heterocycles. The van der Waals surface area contributed by atoms with E-state index in [9.17, 15) is 39.6 Å². The Morgan fingerprint density at radius 1 is 0.475 bits per heavy atom. The van der Waals surface area contributed by atoms with E-state index in [1.807, 2.05) is 6.92 Å². The number of rotatable bonds is 42. The van der Waals surface area contributed by atoms with Crippen molar-refractivity contribution in [2.24, 2.45) is 9.98 Å². The molecule has 0 aliphatic rings. The van der Waals surface area contributed by atoms with Gasteiger partial charge in [0.25, 0.3) is 0 Å². The topological polar surface area (TPSA) is 204 Å². The van der Waals surface area contributed by atoms with Gasteiger partial charge in [-0.05, 0) is 88.8 Å². The second kappa shape index (κ2) is 49.1. The summed E-state index contributed by atoms with van der Waals surface area (Å²) in [5, 5.41) is 47.6. The minimum Gasteiger partial charge on any atom is -0.862 e. The van der Waals surface area contributed by atoms with Crippen LogP contribution < -0.4 is 20.8 Å². The summed E-state index contributed by atoms with van der Waals surface area (Å²) in [6.45, 7) is 9.55. The SMILES string of the molecule is CCCCCCCCCCCC(=O)NCCCC[C@H](NC(=O)CCCCC)C(=O)O.CCCCCCCCCCCC([O-])=NCCCC[C@H](N=C([O-])CCCCC)C(=O)O.[Ca+2]. The van der Waals surface area contributed by atoms with Gasteiger partial charge >= 0.3 is 49.7 Å². The monoisotopic (exact) mass is 891 g/mol. The molecule has 0 aromatic rings. The van der Waals surface area contributed by atoms with Gasteiger partial charge in [-0.1, -0.05) is 156 Å². The fourth-order valence-electron chi connectivity index (χ4n) is 6.77. The van der Waals surface area contributed by atoms with E-state index in [-0.39, 0.29) is 61.3 Å². The Bertz CT molecular complexity index is 1110. The number of unbranched alkanes of at least 4 members (excludes halogenated alkanes) is 22. The van der Waals surface area contributed by atoms with Crippen LogP contribution in [0, 0.1) is 0 Å². The molecule has 0 saturated heterocycles. The predicted octanol–water partition coefficient (Wildman–Crippen LogP) is 9.59. The largest absolute Gasteiger partial charge is 2.00 e. The zero-order valence-electron chi connectivity index (χ0n) is 39.6. The molecule has 0 rings (SSSR count). The molecule has 0 radical (unpaired) electrons. The molecule has 0 bridgehead atoms. The number of carboxylic acid groups (broad SMARTS) is 2. The molecule has 13 heteroatoms. The zero-order valence-corrected chi connectivity index (χ0v) is 41.8. The number of aliphatic imine (C=N–C) groups is 2. The Morgan fingerprint density at radius 2 is 0.885 bits per heavy atom. The van der Waals surface area contributed by atoms with E-state index < -0.39 is 24.0 Å². The van der Waals surface area contributed by atoms with Crippen molar-refractivity contribution in [1.82, 2.24) is 10.6 Å². The number of carbonyl (C=O) groups is 4. The van der Waals surface area contributed by atoms with Crippen LogP contribution in [0.5, 0.6) is 0 Å². The van der Waals surface area contributed by atoms with Crippen LogP contribution in [0.25, 0.3) is 0 Å². The van der Waals surface area contributed by atoms with Crippen LogP contribution in [0.3, 0.4) is 0 Å². The molecule has 2 amide bonds. The van der Waals surface area contributed by atoms with Gasteiger partial charge in [-0.2, -0.15) is 0 Å². The van der Waals surface area contributed by atoms with Crippen molar-refractivity contribution in [3.05, 3.63) is 0 Å². The van der Waals surface area contributed by atoms with Crippen LogP contribution in [0.15, 0.2) is 9.98 Å². The van der Waals surface area contributed by atoms with E-state index >= 15 is 0 Å². The molecule has 0 spiro atoms. The van der Waals surface area contributed by atoms with Crippen LogP contribution in [0.4, 0.5) is 0 Å². The van der Waals surface area contributed by atoms with Gasteiger partial charge in [0.1, 0.15) is 12.1 Å². The molecule has 0 saturated carbocycles. The van der Waals surface area contributed by atoms with Crippen LogP contribution in [0.1, 0.15) is 246 Å². The van der Waals surface area contributed by atoms with Gasteiger partial charge in [0.15, 0.2) is 0 Å². The Kier molecular flexibility index (Phi) is 51.0. The smallest absolute Gasteiger partial charge is 0.862 e. The third-order valence-corrected chi connectivity index (χ3v) is 10.6. The van der Waals surface area contributed by atoms with Crippen molar-refractivity contribution in [1.29, 1.82) is 0 Å². The Balaban J connectivity index is -0.00000109. The van der Waals surface area contributed by atoms with Crippen molar-refractivity contribution in [3.8, 4) is 0 Å². The summed E-state index contributed by atoms with van der Waals surface area (Å²) in [6, 6.07) is -1.81. The molecular formula is C48H90CaN4O8. The number of hydrogen-bond donors (Lipinski definition) is 4. The van der Waals surface area contributed by atoms with Crippen LogP contribution >= 0.6 is 0 Å². The molecular weight excluding hydrogens is 801 g/mol. The van der Waals surface area contributed by atoms with Gasteiger partial charge in [0, 0.05) is 25.9 Å². The normalized spacial score (nSPS) is 12.5. The van der Waals surface area contributed by atoms with Gasteiger partial charge in [-0.3, -0.25) is 14.6 Å². The molecule has 0 fully saturated rings. The van der Waals surface area contributed by atoms with E-state index in [2.05, 4.69) is 41.4 Å². The average molecular weight is 891 g/mol. The van der Waals surface area contributed by atoms with Gasteiger partial charge in [0.2, 0.25) is 11.8 Å². The summed E-state index contributed by atoms with van der Waals surface area (Å²) in [5.41, 5.74) is 0. The van der Waals surface area contributed by atoms with Crippen LogP contribution in [-0.4, -0.2) is 109 Å². The first-order valence-corrected chi connectivity index (χ1v) is 24.5. The van der Waals surface area contributed by atoms with Crippen molar-refractivity contribution < 1.29 is 39.6 Å². The Labute approximate surface area is 402 Å². The third-order valence-electron chi connectivity index (χ3n) is 10.6. The number of carboxylic acids is 2. The Morgan fingerprint density at radius 3 is 1.39 bits per heavy atom. The molecule has 61 heavy (non-hydrogen) atoms. The van der Waals surface area contributed by atoms with Gasteiger partial charge in [-0.15, -0.1) is 0 Å². The zero-order chi connectivity index (χ0) is 44.9. The fourth-order valence-corrected chi connectivity index (χ4v) is 6.77. The maximum Gasteiger partial charge on any atom is 2.00 e. The number of nitrogens with one attached hydrogen (secondary N) is 2. The molecule has 0 heterocycles. The summed E-state index contributed by atoms with van der Waals surface area (Å²) >= 11 is 0. The van der Waals surface area contributed by atoms with Crippen LogP contribution in [0.2, 0.25) is 0 Å². The summed E-state index contributed by atoms with van der Waals surface area (Å²) in [4.78, 5) is 54.1. The number of carbonyl (C=O) groups excluding carboxylic acids is 2. The van der Waals surface area contributed by atoms with Gasteiger partial charge in [0.05, 0.1) is 0 Å². The molecule has 352 valence electrons. The standard InChI is InChI=1S/2C24H46N2O4.Ca/c2*1-3-5-7-8-9-10-11-12-14-18-22(27)25-20-16-15-17-21(24(29)30)26-23(28)19-13-6-4-2;/h2*21H,3-20H2,1-2H3,(H,25,27)(H,26,28)(H,29,30);/q;;+2/p-2/t2*21-;/m00./s1. The van der Waals surface area contributed by atoms with E-state index in [1.165, 1.54) is 89.9 Å². The van der Waals surface area contributed by atoms with Gasteiger partial charge in [-0.25, -0.2) is 9.59 Å². The van der Waals surface area contributed by atoms with E-state index in [1.54, 1.807) is 0 Å². The molecule has 0 unspecified atom stereocenters. The number of amides is 2. The second-order valence-electron chi connectivity index (χ2n) is 16.5. The summed E-state index contributed by atoms with van der Waals surface area (Å²) in [5.74, 6) is -2.53. The number of nitrogens with zero attached hydrogens (tertiary/aromatic N) is 2. The maximum atomic E-state index is 11.9. The van der Waals surface area contributed by atoms with E-state index in [4.69, 9.17) is 0 Å². The van der Waals surface area contributed by atoms with E-state index in [0.29, 0.717) is 70.9 Å². The molecule has 2 atom stereocenters. The third kappa shape index (κ3) is 47.4. The van der Waals surface area contributed by atoms with Crippen molar-refractivity contribution in [2.45, 2.75) is 258 Å². The number of hydrogen-bond acceptors (Lipinski definition) is 8. The fraction of sp³-hybridized carbons (Fsp3) is 0.875. The van der Waals surface area contributed by atoms with Crippen molar-refractivity contribution in [3.63, 3.8) is 0 Å². The first kappa shape index (κ1) is 63.4. The number of aliphatic carboxylic acids is 2.